The monoisotopic (exact) mass is 287 g/mol. The topological polar surface area (TPSA) is 49.8 Å². The molecule has 2 aliphatic rings. The minimum atomic E-state index is -1.14. The lowest BCUT2D eigenvalue weighted by Gasteiger charge is -2.48. The van der Waals surface area contributed by atoms with Crippen molar-refractivity contribution in [3.05, 3.63) is 42.0 Å². The van der Waals surface area contributed by atoms with Gasteiger partial charge in [0.05, 0.1) is 12.5 Å². The summed E-state index contributed by atoms with van der Waals surface area (Å²) < 4.78 is 5.33. The van der Waals surface area contributed by atoms with Gasteiger partial charge in [-0.3, -0.25) is 4.79 Å². The zero-order chi connectivity index (χ0) is 15.3. The number of likely N-dealkylation sites (N-methyl/N-ethyl adjacent to an activating group) is 1. The number of aryl methyl sites for hydroxylation is 1. The molecule has 2 atom stereocenters. The lowest BCUT2D eigenvalue weighted by atomic mass is 9.62. The van der Waals surface area contributed by atoms with Crippen molar-refractivity contribution >= 4 is 5.91 Å². The first kappa shape index (κ1) is 14.1. The molecule has 1 saturated heterocycles. The molecule has 1 aromatic rings. The fourth-order valence-corrected chi connectivity index (χ4v) is 4.01. The van der Waals surface area contributed by atoms with Gasteiger partial charge < -0.3 is 14.7 Å². The molecule has 1 amide bonds. The highest BCUT2D eigenvalue weighted by Crippen LogP contribution is 2.55. The van der Waals surface area contributed by atoms with E-state index in [9.17, 15) is 9.90 Å². The average Bonchev–Trinajstić information content (AvgIpc) is 2.68. The van der Waals surface area contributed by atoms with Gasteiger partial charge in [0.25, 0.3) is 0 Å². The van der Waals surface area contributed by atoms with Crippen molar-refractivity contribution in [2.45, 2.75) is 36.8 Å². The van der Waals surface area contributed by atoms with Crippen molar-refractivity contribution in [3.63, 3.8) is 0 Å². The van der Waals surface area contributed by atoms with E-state index in [0.717, 1.165) is 17.7 Å². The maximum Gasteiger partial charge on any atom is 0.225 e. The second kappa shape index (κ2) is 4.60. The van der Waals surface area contributed by atoms with Crippen LogP contribution in [0.3, 0.4) is 0 Å². The molecule has 1 aliphatic carbocycles. The number of hydrogen-bond donors (Lipinski definition) is 1. The van der Waals surface area contributed by atoms with Crippen molar-refractivity contribution in [1.29, 1.82) is 0 Å². The predicted octanol–water partition coefficient (Wildman–Crippen LogP) is 2.01. The van der Waals surface area contributed by atoms with Crippen LogP contribution in [-0.4, -0.2) is 35.8 Å². The van der Waals surface area contributed by atoms with Crippen LogP contribution in [-0.2, 0) is 16.6 Å². The Balaban J connectivity index is 2.25. The molecule has 2 unspecified atom stereocenters. The van der Waals surface area contributed by atoms with Crippen LogP contribution < -0.4 is 4.74 Å². The average molecular weight is 287 g/mol. The standard InChI is InChI=1S/C17H21NO3/c1-4-8-16-11-15(19)18(2)17(16,20)9-7-12-5-6-13(21-3)10-14(12)16/h4-6,10,20H,1,7-9,11H2,2-3H3. The summed E-state index contributed by atoms with van der Waals surface area (Å²) in [5, 5.41) is 11.3. The number of carbonyl (C=O) groups is 1. The molecule has 112 valence electrons. The molecular weight excluding hydrogens is 266 g/mol. The summed E-state index contributed by atoms with van der Waals surface area (Å²) in [6, 6.07) is 5.95. The molecular formula is C17H21NO3. The van der Waals surface area contributed by atoms with Crippen LogP contribution in [0.1, 0.15) is 30.4 Å². The van der Waals surface area contributed by atoms with Gasteiger partial charge in [-0.15, -0.1) is 6.58 Å². The number of hydrogen-bond acceptors (Lipinski definition) is 3. The third kappa shape index (κ3) is 1.69. The second-order valence-electron chi connectivity index (χ2n) is 6.04. The summed E-state index contributed by atoms with van der Waals surface area (Å²) in [5.74, 6) is 0.735. The van der Waals surface area contributed by atoms with Crippen LogP contribution in [0, 0.1) is 0 Å². The van der Waals surface area contributed by atoms with Crippen LogP contribution in [0.25, 0.3) is 0 Å². The minimum absolute atomic E-state index is 0.0185. The molecule has 1 fully saturated rings. The number of nitrogens with zero attached hydrogens (tertiary/aromatic N) is 1. The quantitative estimate of drug-likeness (QED) is 0.865. The van der Waals surface area contributed by atoms with Crippen molar-refractivity contribution in [2.24, 2.45) is 0 Å². The van der Waals surface area contributed by atoms with Gasteiger partial charge in [-0.1, -0.05) is 12.1 Å². The highest BCUT2D eigenvalue weighted by molar-refractivity contribution is 5.83. The third-order valence-corrected chi connectivity index (χ3v) is 5.22. The fourth-order valence-electron chi connectivity index (χ4n) is 4.01. The van der Waals surface area contributed by atoms with Gasteiger partial charge in [-0.05, 0) is 36.1 Å². The molecule has 0 saturated carbocycles. The van der Waals surface area contributed by atoms with Gasteiger partial charge in [0.2, 0.25) is 5.91 Å². The number of allylic oxidation sites excluding steroid dienone is 1. The fraction of sp³-hybridized carbons (Fsp3) is 0.471. The summed E-state index contributed by atoms with van der Waals surface area (Å²) in [6.07, 6.45) is 3.99. The van der Waals surface area contributed by atoms with E-state index in [4.69, 9.17) is 4.74 Å². The third-order valence-electron chi connectivity index (χ3n) is 5.22. The van der Waals surface area contributed by atoms with E-state index in [-0.39, 0.29) is 5.91 Å². The maximum absolute atomic E-state index is 12.3. The molecule has 1 aromatic carbocycles. The minimum Gasteiger partial charge on any atom is -0.497 e. The van der Waals surface area contributed by atoms with Gasteiger partial charge in [-0.2, -0.15) is 0 Å². The molecule has 1 N–H and O–H groups in total. The summed E-state index contributed by atoms with van der Waals surface area (Å²) >= 11 is 0. The Bertz CT molecular complexity index is 612. The Morgan fingerprint density at radius 2 is 2.29 bits per heavy atom. The number of carbonyl (C=O) groups excluding carboxylic acids is 1. The van der Waals surface area contributed by atoms with Crippen LogP contribution in [0.2, 0.25) is 0 Å². The highest BCUT2D eigenvalue weighted by Gasteiger charge is 2.62. The van der Waals surface area contributed by atoms with E-state index in [2.05, 4.69) is 6.58 Å². The maximum atomic E-state index is 12.3. The van der Waals surface area contributed by atoms with Crippen molar-refractivity contribution in [3.8, 4) is 5.75 Å². The Morgan fingerprint density at radius 1 is 1.52 bits per heavy atom. The molecule has 1 aliphatic heterocycles. The smallest absolute Gasteiger partial charge is 0.225 e. The molecule has 0 bridgehead atoms. The Morgan fingerprint density at radius 3 is 2.95 bits per heavy atom. The van der Waals surface area contributed by atoms with Crippen LogP contribution >= 0.6 is 0 Å². The summed E-state index contributed by atoms with van der Waals surface area (Å²) in [6.45, 7) is 3.83. The summed E-state index contributed by atoms with van der Waals surface area (Å²) in [5.41, 5.74) is 0.444. The van der Waals surface area contributed by atoms with Crippen LogP contribution in [0.15, 0.2) is 30.9 Å². The van der Waals surface area contributed by atoms with Gasteiger partial charge in [0.15, 0.2) is 5.72 Å². The SMILES string of the molecule is C=CCC12CC(=O)N(C)C1(O)CCc1ccc(OC)cc12. The largest absolute Gasteiger partial charge is 0.497 e. The molecule has 4 heteroatoms. The molecule has 1 heterocycles. The van der Waals surface area contributed by atoms with E-state index in [1.54, 1.807) is 20.2 Å². The molecule has 3 rings (SSSR count). The Hall–Kier alpha value is -1.81. The van der Waals surface area contributed by atoms with Gasteiger partial charge >= 0.3 is 0 Å². The summed E-state index contributed by atoms with van der Waals surface area (Å²) in [4.78, 5) is 13.8. The number of aliphatic hydroxyl groups is 1. The second-order valence-corrected chi connectivity index (χ2v) is 6.04. The zero-order valence-corrected chi connectivity index (χ0v) is 12.6. The Labute approximate surface area is 125 Å². The van der Waals surface area contributed by atoms with Crippen LogP contribution in [0.4, 0.5) is 0 Å². The number of likely N-dealkylation sites (tertiary alicyclic amines) is 1. The molecule has 0 radical (unpaired) electrons. The number of methoxy groups -OCH3 is 1. The van der Waals surface area contributed by atoms with Crippen molar-refractivity contribution in [2.75, 3.05) is 14.2 Å². The van der Waals surface area contributed by atoms with E-state index in [1.165, 1.54) is 10.5 Å². The lowest BCUT2D eigenvalue weighted by Crippen LogP contribution is -2.57. The van der Waals surface area contributed by atoms with E-state index >= 15 is 0 Å². The first-order valence-electron chi connectivity index (χ1n) is 7.26. The normalized spacial score (nSPS) is 30.8. The van der Waals surface area contributed by atoms with Gasteiger partial charge in [-0.25, -0.2) is 0 Å². The van der Waals surface area contributed by atoms with Gasteiger partial charge in [0.1, 0.15) is 5.75 Å². The van der Waals surface area contributed by atoms with E-state index in [0.29, 0.717) is 19.3 Å². The van der Waals surface area contributed by atoms with E-state index < -0.39 is 11.1 Å². The first-order valence-corrected chi connectivity index (χ1v) is 7.26. The molecule has 0 spiro atoms. The number of amides is 1. The number of ether oxygens (including phenoxy) is 1. The predicted molar refractivity (Wildman–Crippen MR) is 80.1 cm³/mol. The van der Waals surface area contributed by atoms with Gasteiger partial charge in [0, 0.05) is 19.9 Å². The number of benzene rings is 1. The lowest BCUT2D eigenvalue weighted by molar-refractivity contribution is -0.152. The van der Waals surface area contributed by atoms with E-state index in [1.807, 2.05) is 18.2 Å². The first-order chi connectivity index (χ1) is 9.98. The van der Waals surface area contributed by atoms with Crippen molar-refractivity contribution < 1.29 is 14.6 Å². The molecule has 4 nitrogen and oxygen atoms in total. The number of rotatable bonds is 3. The number of fused-ring (bicyclic) bond motifs is 3. The van der Waals surface area contributed by atoms with Crippen LogP contribution in [0.5, 0.6) is 5.75 Å². The molecule has 21 heavy (non-hydrogen) atoms. The van der Waals surface area contributed by atoms with Crippen molar-refractivity contribution in [1.82, 2.24) is 4.90 Å². The summed E-state index contributed by atoms with van der Waals surface area (Å²) in [7, 11) is 3.32. The molecule has 0 aromatic heterocycles. The zero-order valence-electron chi connectivity index (χ0n) is 12.6. The Kier molecular flexibility index (Phi) is 3.10. The highest BCUT2D eigenvalue weighted by atomic mass is 16.5.